The van der Waals surface area contributed by atoms with E-state index in [1.165, 1.54) is 0 Å². The Bertz CT molecular complexity index is 530. The van der Waals surface area contributed by atoms with Crippen molar-refractivity contribution in [3.63, 3.8) is 0 Å². The molecule has 3 N–H and O–H groups in total. The summed E-state index contributed by atoms with van der Waals surface area (Å²) < 4.78 is 0. The van der Waals surface area contributed by atoms with Crippen LogP contribution >= 0.6 is 0 Å². The van der Waals surface area contributed by atoms with E-state index in [4.69, 9.17) is 5.73 Å². The molecule has 0 atom stereocenters. The van der Waals surface area contributed by atoms with Crippen LogP contribution < -0.4 is 11.1 Å². The lowest BCUT2D eigenvalue weighted by molar-refractivity contribution is -0.118. The fraction of sp³-hybridized carbons (Fsp3) is 0.562. The predicted octanol–water partition coefficient (Wildman–Crippen LogP) is 3.51. The van der Waals surface area contributed by atoms with Gasteiger partial charge in [0.2, 0.25) is 5.91 Å². The second-order valence-electron chi connectivity index (χ2n) is 6.89. The summed E-state index contributed by atoms with van der Waals surface area (Å²) in [4.78, 5) is 12.4. The molecule has 0 bridgehead atoms. The monoisotopic (exact) mass is 260 g/mol. The third-order valence-corrected chi connectivity index (χ3v) is 5.21. The van der Waals surface area contributed by atoms with Crippen LogP contribution in [0.1, 0.15) is 38.8 Å². The molecule has 0 radical (unpaired) electrons. The minimum atomic E-state index is 0.0426. The molecule has 3 heteroatoms. The summed E-state index contributed by atoms with van der Waals surface area (Å²) in [6.07, 6.45) is 0. The van der Waals surface area contributed by atoms with Crippen molar-refractivity contribution in [1.82, 2.24) is 0 Å². The second-order valence-corrected chi connectivity index (χ2v) is 6.89. The fourth-order valence-corrected chi connectivity index (χ4v) is 3.00. The van der Waals surface area contributed by atoms with Crippen molar-refractivity contribution in [3.05, 3.63) is 23.3 Å². The lowest BCUT2D eigenvalue weighted by atomic mass is 10.0. The van der Waals surface area contributed by atoms with Gasteiger partial charge in [0, 0.05) is 5.92 Å². The first kappa shape index (κ1) is 13.9. The molecule has 0 unspecified atom stereocenters. The van der Waals surface area contributed by atoms with E-state index in [-0.39, 0.29) is 22.7 Å². The molecule has 104 valence electrons. The number of anilines is 2. The zero-order valence-electron chi connectivity index (χ0n) is 12.7. The normalized spacial score (nSPS) is 20.1. The molecule has 1 amide bonds. The topological polar surface area (TPSA) is 55.1 Å². The van der Waals surface area contributed by atoms with E-state index in [1.54, 1.807) is 0 Å². The van der Waals surface area contributed by atoms with Gasteiger partial charge in [-0.15, -0.1) is 0 Å². The number of carbonyl (C=O) groups is 1. The summed E-state index contributed by atoms with van der Waals surface area (Å²) in [6, 6.07) is 3.86. The number of carbonyl (C=O) groups excluding carboxylic acids is 1. The zero-order valence-corrected chi connectivity index (χ0v) is 12.7. The van der Waals surface area contributed by atoms with E-state index >= 15 is 0 Å². The van der Waals surface area contributed by atoms with E-state index in [0.29, 0.717) is 5.69 Å². The molecule has 2 rings (SSSR count). The zero-order chi connectivity index (χ0) is 14.6. The van der Waals surface area contributed by atoms with E-state index in [1.807, 2.05) is 26.0 Å². The maximum Gasteiger partial charge on any atom is 0.228 e. The number of nitrogen functional groups attached to an aromatic ring is 1. The van der Waals surface area contributed by atoms with Gasteiger partial charge in [0.05, 0.1) is 11.4 Å². The third kappa shape index (κ3) is 2.01. The smallest absolute Gasteiger partial charge is 0.228 e. The highest BCUT2D eigenvalue weighted by Gasteiger charge is 2.68. The lowest BCUT2D eigenvalue weighted by Gasteiger charge is -2.12. The summed E-state index contributed by atoms with van der Waals surface area (Å²) in [6.45, 7) is 12.6. The molecule has 1 aromatic rings. The van der Waals surface area contributed by atoms with Gasteiger partial charge in [0.25, 0.3) is 0 Å². The molecular formula is C16H24N2O. The van der Waals surface area contributed by atoms with Gasteiger partial charge in [-0.25, -0.2) is 0 Å². The standard InChI is InChI=1S/C16H24N2O/c1-9-7-11(17)12(8-10(9)2)18-14(19)13-15(3,4)16(13,5)6/h7-8,13H,17H2,1-6H3,(H,18,19). The Labute approximate surface area is 115 Å². The minimum absolute atomic E-state index is 0.0426. The van der Waals surface area contributed by atoms with E-state index < -0.39 is 0 Å². The Hall–Kier alpha value is -1.51. The minimum Gasteiger partial charge on any atom is -0.397 e. The first-order valence-electron chi connectivity index (χ1n) is 6.76. The summed E-state index contributed by atoms with van der Waals surface area (Å²) in [5, 5.41) is 2.99. The quantitative estimate of drug-likeness (QED) is 0.799. The molecule has 0 saturated heterocycles. The SMILES string of the molecule is Cc1cc(N)c(NC(=O)C2C(C)(C)C2(C)C)cc1C. The van der Waals surface area contributed by atoms with Gasteiger partial charge in [-0.05, 0) is 47.9 Å². The third-order valence-electron chi connectivity index (χ3n) is 5.21. The molecule has 1 fully saturated rings. The van der Waals surface area contributed by atoms with Gasteiger partial charge >= 0.3 is 0 Å². The highest BCUT2D eigenvalue weighted by molar-refractivity contribution is 5.98. The Morgan fingerprint density at radius 2 is 1.58 bits per heavy atom. The largest absolute Gasteiger partial charge is 0.397 e. The molecule has 0 spiro atoms. The number of nitrogens with one attached hydrogen (secondary N) is 1. The highest BCUT2D eigenvalue weighted by Crippen LogP contribution is 2.68. The van der Waals surface area contributed by atoms with Crippen LogP contribution in [0.5, 0.6) is 0 Å². The molecule has 0 aliphatic heterocycles. The van der Waals surface area contributed by atoms with Gasteiger partial charge in [-0.3, -0.25) is 4.79 Å². The molecule has 3 nitrogen and oxygen atoms in total. The molecule has 0 aromatic heterocycles. The Balaban J connectivity index is 2.20. The Kier molecular flexibility index (Phi) is 2.92. The predicted molar refractivity (Wildman–Crippen MR) is 80.0 cm³/mol. The van der Waals surface area contributed by atoms with Gasteiger partial charge in [-0.2, -0.15) is 0 Å². The van der Waals surface area contributed by atoms with Gasteiger partial charge in [0.1, 0.15) is 0 Å². The average Bonchev–Trinajstić information content (AvgIpc) is 2.66. The first-order chi connectivity index (χ1) is 8.59. The van der Waals surface area contributed by atoms with Crippen molar-refractivity contribution in [1.29, 1.82) is 0 Å². The lowest BCUT2D eigenvalue weighted by Crippen LogP contribution is -2.18. The molecule has 1 saturated carbocycles. The van der Waals surface area contributed by atoms with Crippen LogP contribution in [0.3, 0.4) is 0 Å². The fourth-order valence-electron chi connectivity index (χ4n) is 3.00. The number of amides is 1. The molecule has 1 aromatic carbocycles. The van der Waals surface area contributed by atoms with Gasteiger partial charge in [0.15, 0.2) is 0 Å². The van der Waals surface area contributed by atoms with Crippen molar-refractivity contribution in [2.24, 2.45) is 16.7 Å². The van der Waals surface area contributed by atoms with Crippen LogP contribution in [0.15, 0.2) is 12.1 Å². The van der Waals surface area contributed by atoms with Crippen LogP contribution in [-0.2, 0) is 4.79 Å². The summed E-state index contributed by atoms with van der Waals surface area (Å²) >= 11 is 0. The molecule has 0 heterocycles. The molecule has 1 aliphatic carbocycles. The number of benzene rings is 1. The highest BCUT2D eigenvalue weighted by atomic mass is 16.2. The number of nitrogens with two attached hydrogens (primary N) is 1. The van der Waals surface area contributed by atoms with Crippen LogP contribution in [0.25, 0.3) is 0 Å². The van der Waals surface area contributed by atoms with Gasteiger partial charge in [-0.1, -0.05) is 27.7 Å². The maximum atomic E-state index is 12.4. The summed E-state index contributed by atoms with van der Waals surface area (Å²) in [5.41, 5.74) is 9.71. The Morgan fingerprint density at radius 3 is 2.05 bits per heavy atom. The molecular weight excluding hydrogens is 236 g/mol. The maximum absolute atomic E-state index is 12.4. The van der Waals surface area contributed by atoms with Crippen LogP contribution in [0, 0.1) is 30.6 Å². The van der Waals surface area contributed by atoms with Crippen molar-refractivity contribution >= 4 is 17.3 Å². The number of aryl methyl sites for hydroxylation is 2. The van der Waals surface area contributed by atoms with E-state index in [2.05, 4.69) is 33.0 Å². The first-order valence-corrected chi connectivity index (χ1v) is 6.76. The average molecular weight is 260 g/mol. The second kappa shape index (κ2) is 3.99. The molecule has 19 heavy (non-hydrogen) atoms. The molecule has 1 aliphatic rings. The van der Waals surface area contributed by atoms with Gasteiger partial charge < -0.3 is 11.1 Å². The van der Waals surface area contributed by atoms with Crippen molar-refractivity contribution in [2.75, 3.05) is 11.1 Å². The summed E-state index contributed by atoms with van der Waals surface area (Å²) in [7, 11) is 0. The van der Waals surface area contributed by atoms with Crippen molar-refractivity contribution in [2.45, 2.75) is 41.5 Å². The van der Waals surface area contributed by atoms with Crippen molar-refractivity contribution < 1.29 is 4.79 Å². The number of hydrogen-bond acceptors (Lipinski definition) is 2. The van der Waals surface area contributed by atoms with Crippen LogP contribution in [0.4, 0.5) is 11.4 Å². The summed E-state index contributed by atoms with van der Waals surface area (Å²) in [5.74, 6) is 0.117. The number of hydrogen-bond donors (Lipinski definition) is 2. The van der Waals surface area contributed by atoms with Crippen LogP contribution in [0.2, 0.25) is 0 Å². The van der Waals surface area contributed by atoms with Crippen LogP contribution in [-0.4, -0.2) is 5.91 Å². The van der Waals surface area contributed by atoms with E-state index in [0.717, 1.165) is 16.8 Å². The van der Waals surface area contributed by atoms with E-state index in [9.17, 15) is 4.79 Å². The Morgan fingerprint density at radius 1 is 1.11 bits per heavy atom. The number of rotatable bonds is 2. The van der Waals surface area contributed by atoms with Crippen molar-refractivity contribution in [3.8, 4) is 0 Å².